The van der Waals surface area contributed by atoms with Gasteiger partial charge in [0.15, 0.2) is 9.84 Å². The molecule has 0 aliphatic carbocycles. The summed E-state index contributed by atoms with van der Waals surface area (Å²) in [4.78, 5) is 13.5. The Morgan fingerprint density at radius 1 is 1.30 bits per heavy atom. The number of benzene rings is 1. The first-order valence-electron chi connectivity index (χ1n) is 6.75. The second-order valence-electron chi connectivity index (χ2n) is 5.48. The molecule has 3 rings (SSSR count). The van der Waals surface area contributed by atoms with Crippen LogP contribution in [0.5, 0.6) is 0 Å². The third-order valence-corrected chi connectivity index (χ3v) is 5.98. The van der Waals surface area contributed by atoms with E-state index in [1.807, 2.05) is 29.2 Å². The minimum absolute atomic E-state index is 0.0823. The van der Waals surface area contributed by atoms with E-state index in [0.717, 1.165) is 17.5 Å². The lowest BCUT2D eigenvalue weighted by atomic mass is 9.91. The molecule has 2 aliphatic heterocycles. The third kappa shape index (κ3) is 2.33. The van der Waals surface area contributed by atoms with Gasteiger partial charge in [0.2, 0.25) is 0 Å². The fraction of sp³-hybridized carbons (Fsp3) is 0.500. The lowest BCUT2D eigenvalue weighted by Crippen LogP contribution is -2.46. The highest BCUT2D eigenvalue weighted by atomic mass is 32.2. The Balaban J connectivity index is 1.95. The maximum Gasteiger partial charge on any atom is 0.325 e. The molecule has 20 heavy (non-hydrogen) atoms. The van der Waals surface area contributed by atoms with Crippen LogP contribution in [0.2, 0.25) is 0 Å². The van der Waals surface area contributed by atoms with Crippen LogP contribution >= 0.6 is 0 Å². The number of aliphatic carboxylic acids is 1. The topological polar surface area (TPSA) is 74.7 Å². The number of carboxylic acid groups (broad SMARTS) is 1. The van der Waals surface area contributed by atoms with Crippen molar-refractivity contribution in [3.05, 3.63) is 35.4 Å². The van der Waals surface area contributed by atoms with E-state index in [9.17, 15) is 18.3 Å². The van der Waals surface area contributed by atoms with Gasteiger partial charge in [0, 0.05) is 12.6 Å². The maximum absolute atomic E-state index is 11.7. The van der Waals surface area contributed by atoms with Gasteiger partial charge in [0.05, 0.1) is 11.5 Å². The summed E-state index contributed by atoms with van der Waals surface area (Å²) in [7, 11) is -3.01. The minimum atomic E-state index is -3.01. The first-order valence-corrected chi connectivity index (χ1v) is 8.57. The summed E-state index contributed by atoms with van der Waals surface area (Å²) in [6.45, 7) is 0.605. The molecule has 2 unspecified atom stereocenters. The van der Waals surface area contributed by atoms with E-state index in [4.69, 9.17) is 0 Å². The van der Waals surface area contributed by atoms with Gasteiger partial charge in [-0.15, -0.1) is 0 Å². The molecule has 2 aliphatic rings. The molecule has 0 saturated carbocycles. The van der Waals surface area contributed by atoms with Crippen molar-refractivity contribution >= 4 is 15.8 Å². The molecule has 1 aromatic carbocycles. The molecule has 1 aromatic rings. The van der Waals surface area contributed by atoms with E-state index in [1.165, 1.54) is 0 Å². The van der Waals surface area contributed by atoms with Crippen molar-refractivity contribution in [3.63, 3.8) is 0 Å². The summed E-state index contributed by atoms with van der Waals surface area (Å²) in [5.74, 6) is -0.650. The summed E-state index contributed by atoms with van der Waals surface area (Å²) >= 11 is 0. The normalized spacial score (nSPS) is 29.0. The summed E-state index contributed by atoms with van der Waals surface area (Å²) < 4.78 is 23.3. The molecule has 0 bridgehead atoms. The first kappa shape index (κ1) is 13.6. The molecule has 2 heterocycles. The van der Waals surface area contributed by atoms with Gasteiger partial charge in [-0.2, -0.15) is 0 Å². The van der Waals surface area contributed by atoms with Crippen molar-refractivity contribution < 1.29 is 18.3 Å². The zero-order valence-electron chi connectivity index (χ0n) is 11.0. The molecule has 2 atom stereocenters. The fourth-order valence-electron chi connectivity index (χ4n) is 3.29. The molecule has 0 spiro atoms. The molecule has 1 fully saturated rings. The summed E-state index contributed by atoms with van der Waals surface area (Å²) in [5.41, 5.74) is 1.85. The van der Waals surface area contributed by atoms with E-state index in [-0.39, 0.29) is 17.5 Å². The van der Waals surface area contributed by atoms with Crippen LogP contribution in [0.4, 0.5) is 0 Å². The molecule has 5 nitrogen and oxygen atoms in total. The highest BCUT2D eigenvalue weighted by Crippen LogP contribution is 2.34. The van der Waals surface area contributed by atoms with Crippen LogP contribution in [-0.4, -0.2) is 48.5 Å². The van der Waals surface area contributed by atoms with Gasteiger partial charge >= 0.3 is 5.97 Å². The van der Waals surface area contributed by atoms with Gasteiger partial charge in [-0.25, -0.2) is 8.42 Å². The van der Waals surface area contributed by atoms with E-state index < -0.39 is 21.8 Å². The Labute approximate surface area is 118 Å². The van der Waals surface area contributed by atoms with Crippen molar-refractivity contribution in [2.24, 2.45) is 0 Å². The predicted octanol–water partition coefficient (Wildman–Crippen LogP) is 0.858. The van der Waals surface area contributed by atoms with Gasteiger partial charge in [-0.05, 0) is 24.0 Å². The quantitative estimate of drug-likeness (QED) is 0.876. The Morgan fingerprint density at radius 3 is 2.70 bits per heavy atom. The van der Waals surface area contributed by atoms with Crippen molar-refractivity contribution in [1.82, 2.24) is 4.90 Å². The third-order valence-electron chi connectivity index (χ3n) is 4.23. The fourth-order valence-corrected chi connectivity index (χ4v) is 5.03. The minimum Gasteiger partial charge on any atom is -0.480 e. The first-order chi connectivity index (χ1) is 9.48. The van der Waals surface area contributed by atoms with E-state index >= 15 is 0 Å². The SMILES string of the molecule is O=C(O)C1c2ccccc2CCN1C1CCS(=O)(=O)C1. The van der Waals surface area contributed by atoms with Crippen LogP contribution in [0.3, 0.4) is 0 Å². The van der Waals surface area contributed by atoms with Crippen LogP contribution < -0.4 is 0 Å². The zero-order chi connectivity index (χ0) is 14.3. The number of rotatable bonds is 2. The highest BCUT2D eigenvalue weighted by molar-refractivity contribution is 7.91. The number of hydrogen-bond donors (Lipinski definition) is 1. The Kier molecular flexibility index (Phi) is 3.30. The van der Waals surface area contributed by atoms with E-state index in [1.54, 1.807) is 0 Å². The van der Waals surface area contributed by atoms with Crippen LogP contribution in [0.25, 0.3) is 0 Å². The molecule has 1 saturated heterocycles. The second kappa shape index (κ2) is 4.86. The molecule has 0 radical (unpaired) electrons. The smallest absolute Gasteiger partial charge is 0.325 e. The van der Waals surface area contributed by atoms with Gasteiger partial charge in [0.25, 0.3) is 0 Å². The van der Waals surface area contributed by atoms with Crippen molar-refractivity contribution in [1.29, 1.82) is 0 Å². The summed E-state index contributed by atoms with van der Waals surface area (Å²) in [5, 5.41) is 9.55. The van der Waals surface area contributed by atoms with Gasteiger partial charge < -0.3 is 5.11 Å². The van der Waals surface area contributed by atoms with Crippen molar-refractivity contribution in [2.45, 2.75) is 24.9 Å². The van der Waals surface area contributed by atoms with Crippen molar-refractivity contribution in [2.75, 3.05) is 18.1 Å². The molecule has 108 valence electrons. The van der Waals surface area contributed by atoms with Crippen LogP contribution in [-0.2, 0) is 21.1 Å². The van der Waals surface area contributed by atoms with Gasteiger partial charge in [0.1, 0.15) is 6.04 Å². The average Bonchev–Trinajstić information content (AvgIpc) is 2.77. The number of carboxylic acids is 1. The van der Waals surface area contributed by atoms with E-state index in [0.29, 0.717) is 13.0 Å². The zero-order valence-corrected chi connectivity index (χ0v) is 11.8. The average molecular weight is 295 g/mol. The number of hydrogen-bond acceptors (Lipinski definition) is 4. The van der Waals surface area contributed by atoms with Crippen LogP contribution in [0.15, 0.2) is 24.3 Å². The Hall–Kier alpha value is -1.40. The molecule has 6 heteroatoms. The molecule has 0 aromatic heterocycles. The lowest BCUT2D eigenvalue weighted by Gasteiger charge is -2.38. The van der Waals surface area contributed by atoms with Crippen LogP contribution in [0.1, 0.15) is 23.6 Å². The Bertz CT molecular complexity index is 640. The van der Waals surface area contributed by atoms with Gasteiger partial charge in [-0.3, -0.25) is 9.69 Å². The lowest BCUT2D eigenvalue weighted by molar-refractivity contribution is -0.145. The van der Waals surface area contributed by atoms with Gasteiger partial charge in [-0.1, -0.05) is 24.3 Å². The molecule has 1 N–H and O–H groups in total. The summed E-state index contributed by atoms with van der Waals surface area (Å²) in [6, 6.07) is 6.64. The predicted molar refractivity (Wildman–Crippen MR) is 74.3 cm³/mol. The number of sulfone groups is 1. The molecular formula is C14H17NO4S. The number of fused-ring (bicyclic) bond motifs is 1. The largest absolute Gasteiger partial charge is 0.480 e. The highest BCUT2D eigenvalue weighted by Gasteiger charge is 2.41. The monoisotopic (exact) mass is 295 g/mol. The molecular weight excluding hydrogens is 278 g/mol. The number of carbonyl (C=O) groups is 1. The standard InChI is InChI=1S/C14H17NO4S/c16-14(17)13-12-4-2-1-3-10(12)5-7-15(13)11-6-8-20(18,19)9-11/h1-4,11,13H,5-9H2,(H,16,17). The Morgan fingerprint density at radius 2 is 2.05 bits per heavy atom. The number of nitrogens with zero attached hydrogens (tertiary/aromatic N) is 1. The van der Waals surface area contributed by atoms with Crippen LogP contribution in [0, 0.1) is 0 Å². The maximum atomic E-state index is 11.7. The van der Waals surface area contributed by atoms with E-state index in [2.05, 4.69) is 0 Å². The van der Waals surface area contributed by atoms with Crippen molar-refractivity contribution in [3.8, 4) is 0 Å². The molecule has 0 amide bonds. The second-order valence-corrected chi connectivity index (χ2v) is 7.71. The summed E-state index contributed by atoms with van der Waals surface area (Å²) in [6.07, 6.45) is 1.31.